The van der Waals surface area contributed by atoms with Gasteiger partial charge in [0.2, 0.25) is 0 Å². The molecule has 0 bridgehead atoms. The van der Waals surface area contributed by atoms with Gasteiger partial charge in [-0.2, -0.15) is 13.2 Å². The van der Waals surface area contributed by atoms with Crippen LogP contribution in [-0.2, 0) is 12.7 Å². The fourth-order valence-corrected chi connectivity index (χ4v) is 1.91. The van der Waals surface area contributed by atoms with E-state index in [1.807, 2.05) is 0 Å². The molecule has 1 amide bonds. The molecule has 2 rings (SSSR count). The van der Waals surface area contributed by atoms with Crippen LogP contribution in [0.4, 0.5) is 13.2 Å². The molecule has 0 spiro atoms. The SMILES string of the molecule is C=Cc1ccc(C(=O)NCc2cccc(C(F)(F)F)c2)cc1. The summed E-state index contributed by atoms with van der Waals surface area (Å²) in [5.74, 6) is -0.340. The molecule has 0 aliphatic rings. The Bertz CT molecular complexity index is 675. The summed E-state index contributed by atoms with van der Waals surface area (Å²) in [6.45, 7) is 3.65. The second-order valence-corrected chi connectivity index (χ2v) is 4.71. The van der Waals surface area contributed by atoms with Crippen LogP contribution in [0.3, 0.4) is 0 Å². The van der Waals surface area contributed by atoms with Crippen molar-refractivity contribution >= 4 is 12.0 Å². The van der Waals surface area contributed by atoms with Crippen molar-refractivity contribution in [2.75, 3.05) is 0 Å². The summed E-state index contributed by atoms with van der Waals surface area (Å²) in [5, 5.41) is 2.60. The molecule has 0 fully saturated rings. The molecule has 22 heavy (non-hydrogen) atoms. The molecule has 2 aromatic rings. The van der Waals surface area contributed by atoms with Gasteiger partial charge < -0.3 is 5.32 Å². The molecule has 1 N–H and O–H groups in total. The van der Waals surface area contributed by atoms with E-state index < -0.39 is 11.7 Å². The monoisotopic (exact) mass is 305 g/mol. The number of carbonyl (C=O) groups is 1. The lowest BCUT2D eigenvalue weighted by Gasteiger charge is -2.10. The number of hydrogen-bond donors (Lipinski definition) is 1. The predicted molar refractivity (Wildman–Crippen MR) is 79.1 cm³/mol. The molecular weight excluding hydrogens is 291 g/mol. The van der Waals surface area contributed by atoms with Crippen molar-refractivity contribution in [2.45, 2.75) is 12.7 Å². The Balaban J connectivity index is 2.03. The normalized spacial score (nSPS) is 11.0. The lowest BCUT2D eigenvalue weighted by Crippen LogP contribution is -2.23. The first-order chi connectivity index (χ1) is 10.4. The summed E-state index contributed by atoms with van der Waals surface area (Å²) < 4.78 is 37.8. The maximum atomic E-state index is 12.6. The first kappa shape index (κ1) is 15.8. The minimum absolute atomic E-state index is 0.0337. The molecule has 0 aromatic heterocycles. The zero-order valence-electron chi connectivity index (χ0n) is 11.7. The third-order valence-electron chi connectivity index (χ3n) is 3.12. The number of amides is 1. The van der Waals surface area contributed by atoms with Crippen LogP contribution in [-0.4, -0.2) is 5.91 Å². The van der Waals surface area contributed by atoms with Crippen molar-refractivity contribution in [1.29, 1.82) is 0 Å². The Hall–Kier alpha value is -2.56. The average molecular weight is 305 g/mol. The first-order valence-electron chi connectivity index (χ1n) is 6.57. The van der Waals surface area contributed by atoms with E-state index in [-0.39, 0.29) is 12.5 Å². The number of rotatable bonds is 4. The first-order valence-corrected chi connectivity index (χ1v) is 6.57. The predicted octanol–water partition coefficient (Wildman–Crippen LogP) is 4.28. The summed E-state index contributed by atoms with van der Waals surface area (Å²) in [4.78, 5) is 11.9. The summed E-state index contributed by atoms with van der Waals surface area (Å²) in [6, 6.07) is 11.6. The van der Waals surface area contributed by atoms with Crippen LogP contribution in [0.25, 0.3) is 6.08 Å². The summed E-state index contributed by atoms with van der Waals surface area (Å²) >= 11 is 0. The molecule has 2 nitrogen and oxygen atoms in total. The Kier molecular flexibility index (Phi) is 4.65. The summed E-state index contributed by atoms with van der Waals surface area (Å²) in [5.41, 5.74) is 0.993. The van der Waals surface area contributed by atoms with E-state index >= 15 is 0 Å². The second kappa shape index (κ2) is 6.47. The number of halogens is 3. The van der Waals surface area contributed by atoms with E-state index in [0.717, 1.165) is 17.7 Å². The smallest absolute Gasteiger partial charge is 0.348 e. The van der Waals surface area contributed by atoms with Gasteiger partial charge in [-0.25, -0.2) is 0 Å². The standard InChI is InChI=1S/C17H14F3NO/c1-2-12-6-8-14(9-7-12)16(22)21-11-13-4-3-5-15(10-13)17(18,19)20/h2-10H,1,11H2,(H,21,22). The third-order valence-corrected chi connectivity index (χ3v) is 3.12. The average Bonchev–Trinajstić information content (AvgIpc) is 2.52. The van der Waals surface area contributed by atoms with E-state index in [1.54, 1.807) is 30.3 Å². The highest BCUT2D eigenvalue weighted by molar-refractivity contribution is 5.94. The van der Waals surface area contributed by atoms with Crippen molar-refractivity contribution in [3.8, 4) is 0 Å². The lowest BCUT2D eigenvalue weighted by molar-refractivity contribution is -0.137. The molecule has 0 saturated carbocycles. The summed E-state index contributed by atoms with van der Waals surface area (Å²) in [6.07, 6.45) is -2.73. The van der Waals surface area contributed by atoms with E-state index in [9.17, 15) is 18.0 Å². The van der Waals surface area contributed by atoms with Gasteiger partial charge in [-0.15, -0.1) is 0 Å². The molecule has 0 aliphatic carbocycles. The number of benzene rings is 2. The molecule has 0 heterocycles. The molecule has 5 heteroatoms. The Morgan fingerprint density at radius 2 is 1.82 bits per heavy atom. The highest BCUT2D eigenvalue weighted by Gasteiger charge is 2.30. The zero-order valence-corrected chi connectivity index (χ0v) is 11.7. The number of nitrogens with one attached hydrogen (secondary N) is 1. The van der Waals surface area contributed by atoms with Crippen molar-refractivity contribution in [3.05, 3.63) is 77.4 Å². The zero-order chi connectivity index (χ0) is 16.2. The van der Waals surface area contributed by atoms with Crippen LogP contribution in [0, 0.1) is 0 Å². The Morgan fingerprint density at radius 1 is 1.14 bits per heavy atom. The topological polar surface area (TPSA) is 29.1 Å². The molecule has 0 aliphatic heterocycles. The van der Waals surface area contributed by atoms with Gasteiger partial charge in [-0.1, -0.05) is 36.9 Å². The van der Waals surface area contributed by atoms with Crippen molar-refractivity contribution in [2.24, 2.45) is 0 Å². The van der Waals surface area contributed by atoms with Gasteiger partial charge in [0.05, 0.1) is 5.56 Å². The fraction of sp³-hybridized carbons (Fsp3) is 0.118. The van der Waals surface area contributed by atoms with Crippen LogP contribution < -0.4 is 5.32 Å². The van der Waals surface area contributed by atoms with Crippen LogP contribution >= 0.6 is 0 Å². The molecule has 0 unspecified atom stereocenters. The Morgan fingerprint density at radius 3 is 2.41 bits per heavy atom. The van der Waals surface area contributed by atoms with E-state index in [2.05, 4.69) is 11.9 Å². The Labute approximate surface area is 126 Å². The highest BCUT2D eigenvalue weighted by atomic mass is 19.4. The number of alkyl halides is 3. The second-order valence-electron chi connectivity index (χ2n) is 4.71. The van der Waals surface area contributed by atoms with Crippen LogP contribution in [0.15, 0.2) is 55.1 Å². The third kappa shape index (κ3) is 3.97. The van der Waals surface area contributed by atoms with Crippen LogP contribution in [0.5, 0.6) is 0 Å². The fourth-order valence-electron chi connectivity index (χ4n) is 1.91. The van der Waals surface area contributed by atoms with Gasteiger partial charge in [0.25, 0.3) is 5.91 Å². The maximum Gasteiger partial charge on any atom is 0.416 e. The van der Waals surface area contributed by atoms with Crippen molar-refractivity contribution < 1.29 is 18.0 Å². The molecule has 2 aromatic carbocycles. The minimum Gasteiger partial charge on any atom is -0.348 e. The van der Waals surface area contributed by atoms with Gasteiger partial charge in [0, 0.05) is 12.1 Å². The van der Waals surface area contributed by atoms with Gasteiger partial charge >= 0.3 is 6.18 Å². The van der Waals surface area contributed by atoms with E-state index in [1.165, 1.54) is 12.1 Å². The number of carbonyl (C=O) groups excluding carboxylic acids is 1. The van der Waals surface area contributed by atoms with Crippen molar-refractivity contribution in [1.82, 2.24) is 5.32 Å². The van der Waals surface area contributed by atoms with Gasteiger partial charge in [-0.05, 0) is 35.4 Å². The van der Waals surface area contributed by atoms with E-state index in [0.29, 0.717) is 11.1 Å². The molecule has 114 valence electrons. The van der Waals surface area contributed by atoms with Crippen molar-refractivity contribution in [3.63, 3.8) is 0 Å². The van der Waals surface area contributed by atoms with E-state index in [4.69, 9.17) is 0 Å². The van der Waals surface area contributed by atoms with Gasteiger partial charge in [-0.3, -0.25) is 4.79 Å². The molecular formula is C17H14F3NO. The van der Waals surface area contributed by atoms with Crippen LogP contribution in [0.1, 0.15) is 27.0 Å². The van der Waals surface area contributed by atoms with Crippen LogP contribution in [0.2, 0.25) is 0 Å². The molecule has 0 radical (unpaired) electrons. The number of hydrogen-bond acceptors (Lipinski definition) is 1. The van der Waals surface area contributed by atoms with Gasteiger partial charge in [0.1, 0.15) is 0 Å². The quantitative estimate of drug-likeness (QED) is 0.897. The highest BCUT2D eigenvalue weighted by Crippen LogP contribution is 2.29. The lowest BCUT2D eigenvalue weighted by atomic mass is 10.1. The summed E-state index contributed by atoms with van der Waals surface area (Å²) in [7, 11) is 0. The molecule has 0 atom stereocenters. The largest absolute Gasteiger partial charge is 0.416 e. The maximum absolute atomic E-state index is 12.6. The minimum atomic E-state index is -4.39. The molecule has 0 saturated heterocycles. The van der Waals surface area contributed by atoms with Gasteiger partial charge in [0.15, 0.2) is 0 Å².